The molecule has 0 aliphatic rings. The molecule has 0 heterocycles. The van der Waals surface area contributed by atoms with E-state index in [1.807, 2.05) is 21.1 Å². The number of hydrogen-bond donors (Lipinski definition) is 1. The number of unbranched alkanes of at least 4 members (excludes halogenated alkanes) is 21. The third-order valence-corrected chi connectivity index (χ3v) is 12.0. The lowest BCUT2D eigenvalue weighted by Gasteiger charge is -2.31. The number of aliphatic carboxylic acids is 1. The van der Waals surface area contributed by atoms with Crippen molar-refractivity contribution in [1.29, 1.82) is 0 Å². The molecule has 0 aromatic rings. The molecule has 0 aliphatic carbocycles. The third-order valence-electron chi connectivity index (χ3n) is 12.0. The van der Waals surface area contributed by atoms with E-state index in [1.54, 1.807) is 0 Å². The van der Waals surface area contributed by atoms with Gasteiger partial charge in [0.2, 0.25) is 0 Å². The molecule has 2 unspecified atom stereocenters. The number of ether oxygens (including phenoxy) is 3. The van der Waals surface area contributed by atoms with Gasteiger partial charge in [-0.2, -0.15) is 0 Å². The van der Waals surface area contributed by atoms with Crippen LogP contribution in [0.4, 0.5) is 0 Å². The summed E-state index contributed by atoms with van der Waals surface area (Å²) >= 11 is 0. The molecule has 68 heavy (non-hydrogen) atoms. The van der Waals surface area contributed by atoms with E-state index in [0.717, 1.165) is 89.9 Å². The summed E-state index contributed by atoms with van der Waals surface area (Å²) in [5.74, 6) is -1.48. The zero-order valence-electron chi connectivity index (χ0n) is 44.5. The maximum absolute atomic E-state index is 12.8. The van der Waals surface area contributed by atoms with Gasteiger partial charge >= 0.3 is 17.9 Å². The van der Waals surface area contributed by atoms with Gasteiger partial charge in [0.15, 0.2) is 12.1 Å². The molecule has 0 saturated carbocycles. The molecule has 0 aromatic heterocycles. The fourth-order valence-corrected chi connectivity index (χ4v) is 7.80. The minimum absolute atomic E-state index is 0.0535. The van der Waals surface area contributed by atoms with Crippen LogP contribution in [0.2, 0.25) is 0 Å². The number of hydrogen-bond acceptors (Lipinski definition) is 6. The predicted octanol–water partition coefficient (Wildman–Crippen LogP) is 16.4. The number of rotatable bonds is 49. The Hall–Kier alpha value is -3.49. The summed E-state index contributed by atoms with van der Waals surface area (Å²) in [6.45, 7) is 4.60. The topological polar surface area (TPSA) is 99.1 Å². The minimum Gasteiger partial charge on any atom is -0.477 e. The minimum atomic E-state index is -0.878. The molecule has 8 nitrogen and oxygen atoms in total. The average molecular weight is 951 g/mol. The maximum atomic E-state index is 12.8. The first kappa shape index (κ1) is 64.5. The largest absolute Gasteiger partial charge is 0.477 e. The molecule has 1 N–H and O–H groups in total. The van der Waals surface area contributed by atoms with Crippen molar-refractivity contribution in [2.24, 2.45) is 0 Å². The molecule has 0 spiro atoms. The number of likely N-dealkylation sites (N-methyl/N-ethyl adjacent to an activating group) is 1. The predicted molar refractivity (Wildman–Crippen MR) is 289 cm³/mol. The second kappa shape index (κ2) is 49.9. The highest BCUT2D eigenvalue weighted by atomic mass is 16.6. The smallest absolute Gasteiger partial charge is 0.362 e. The molecule has 0 saturated heterocycles. The van der Waals surface area contributed by atoms with Crippen LogP contribution in [0.5, 0.6) is 0 Å². The van der Waals surface area contributed by atoms with Crippen molar-refractivity contribution in [2.75, 3.05) is 41.0 Å². The van der Waals surface area contributed by atoms with Gasteiger partial charge in [-0.25, -0.2) is 4.79 Å². The Labute approximate surface area is 418 Å². The number of esters is 2. The van der Waals surface area contributed by atoms with Crippen LogP contribution in [0, 0.1) is 0 Å². The number of carbonyl (C=O) groups excluding carboxylic acids is 2. The standard InChI is InChI=1S/C60H103NO7/c1-6-8-10-12-14-16-18-20-22-24-26-28-30-32-34-36-38-40-42-44-46-48-50-58(62)67-55-56(54-66-53-52-57(60(64)65)61(3,4)5)68-59(63)51-49-47-45-43-41-39-37-35-33-31-29-27-25-23-21-19-17-15-13-11-9-7-2/h8,10,14-17,20-23,26-29,56-57H,6-7,9,11-13,18-19,24-25,30-55H2,1-5H3/p+1/b10-8+,16-14+,17-15+,22-20+,23-21+,28-26+,29-27+. The van der Waals surface area contributed by atoms with Gasteiger partial charge in [0.1, 0.15) is 6.61 Å². The molecule has 0 bridgehead atoms. The van der Waals surface area contributed by atoms with E-state index in [4.69, 9.17) is 14.2 Å². The molecular weight excluding hydrogens is 847 g/mol. The van der Waals surface area contributed by atoms with Crippen molar-refractivity contribution in [3.05, 3.63) is 85.1 Å². The summed E-state index contributed by atoms with van der Waals surface area (Å²) in [5, 5.41) is 9.67. The van der Waals surface area contributed by atoms with Crippen molar-refractivity contribution in [3.8, 4) is 0 Å². The van der Waals surface area contributed by atoms with Crippen molar-refractivity contribution >= 4 is 17.9 Å². The van der Waals surface area contributed by atoms with Crippen LogP contribution in [0.3, 0.4) is 0 Å². The van der Waals surface area contributed by atoms with Gasteiger partial charge in [-0.05, 0) is 89.9 Å². The highest BCUT2D eigenvalue weighted by Gasteiger charge is 2.31. The number of carboxylic acids is 1. The van der Waals surface area contributed by atoms with Crippen molar-refractivity contribution < 1.29 is 38.2 Å². The van der Waals surface area contributed by atoms with Crippen LogP contribution < -0.4 is 0 Å². The fraction of sp³-hybridized carbons (Fsp3) is 0.717. The summed E-state index contributed by atoms with van der Waals surface area (Å²) in [4.78, 5) is 37.3. The number of carboxylic acid groups (broad SMARTS) is 1. The molecule has 0 radical (unpaired) electrons. The van der Waals surface area contributed by atoms with Gasteiger partial charge in [0.05, 0.1) is 34.4 Å². The average Bonchev–Trinajstić information content (AvgIpc) is 3.30. The van der Waals surface area contributed by atoms with Crippen LogP contribution in [0.15, 0.2) is 85.1 Å². The SMILES string of the molecule is CC/C=C/C/C=C/C/C=C/C/C=C/CCCCCCCCCCCC(=O)OCC(COCCC(C(=O)O)[N+](C)(C)C)OC(=O)CCCCCCCCCCC/C=C/C/C=C/C/C=C/CCCCC. The van der Waals surface area contributed by atoms with Crippen LogP contribution in [0.25, 0.3) is 0 Å². The Kier molecular flexibility index (Phi) is 47.4. The van der Waals surface area contributed by atoms with E-state index in [9.17, 15) is 19.5 Å². The first-order valence-corrected chi connectivity index (χ1v) is 27.6. The van der Waals surface area contributed by atoms with Gasteiger partial charge in [0.25, 0.3) is 0 Å². The molecule has 390 valence electrons. The van der Waals surface area contributed by atoms with E-state index in [2.05, 4.69) is 98.9 Å². The monoisotopic (exact) mass is 951 g/mol. The number of nitrogens with zero attached hydrogens (tertiary/aromatic N) is 1. The second-order valence-electron chi connectivity index (χ2n) is 19.5. The third kappa shape index (κ3) is 47.6. The Morgan fingerprint density at radius 3 is 1.22 bits per heavy atom. The van der Waals surface area contributed by atoms with E-state index in [0.29, 0.717) is 19.3 Å². The lowest BCUT2D eigenvalue weighted by molar-refractivity contribution is -0.887. The molecule has 0 aromatic carbocycles. The zero-order valence-corrected chi connectivity index (χ0v) is 44.5. The number of carbonyl (C=O) groups is 3. The number of allylic oxidation sites excluding steroid dienone is 14. The maximum Gasteiger partial charge on any atom is 0.362 e. The van der Waals surface area contributed by atoms with Crippen molar-refractivity contribution in [1.82, 2.24) is 0 Å². The van der Waals surface area contributed by atoms with E-state index in [1.165, 1.54) is 103 Å². The molecule has 8 heteroatoms. The van der Waals surface area contributed by atoms with E-state index < -0.39 is 18.1 Å². The fourth-order valence-electron chi connectivity index (χ4n) is 7.80. The molecule has 0 amide bonds. The van der Waals surface area contributed by atoms with Crippen LogP contribution in [0.1, 0.15) is 226 Å². The lowest BCUT2D eigenvalue weighted by Crippen LogP contribution is -2.50. The first-order chi connectivity index (χ1) is 33.1. The van der Waals surface area contributed by atoms with E-state index in [-0.39, 0.29) is 36.2 Å². The van der Waals surface area contributed by atoms with Gasteiger partial charge in [-0.15, -0.1) is 0 Å². The summed E-state index contributed by atoms with van der Waals surface area (Å²) < 4.78 is 17.4. The second-order valence-corrected chi connectivity index (χ2v) is 19.5. The van der Waals surface area contributed by atoms with Crippen molar-refractivity contribution in [3.63, 3.8) is 0 Å². The van der Waals surface area contributed by atoms with Crippen molar-refractivity contribution in [2.45, 2.75) is 238 Å². The molecule has 0 aliphatic heterocycles. The Morgan fingerprint density at radius 2 is 0.824 bits per heavy atom. The van der Waals surface area contributed by atoms with Crippen LogP contribution in [-0.2, 0) is 28.6 Å². The summed E-state index contributed by atoms with van der Waals surface area (Å²) in [7, 11) is 5.53. The Bertz CT molecular complexity index is 1380. The molecule has 0 rings (SSSR count). The van der Waals surface area contributed by atoms with Gasteiger partial charge in [-0.1, -0.05) is 202 Å². The molecular formula is C60H104NO7+. The highest BCUT2D eigenvalue weighted by Crippen LogP contribution is 2.15. The van der Waals surface area contributed by atoms with E-state index >= 15 is 0 Å². The Balaban J connectivity index is 4.23. The normalized spacial score (nSPS) is 13.5. The highest BCUT2D eigenvalue weighted by molar-refractivity contribution is 5.72. The van der Waals surface area contributed by atoms with Crippen LogP contribution >= 0.6 is 0 Å². The number of quaternary nitrogens is 1. The lowest BCUT2D eigenvalue weighted by atomic mass is 10.1. The van der Waals surface area contributed by atoms with Gasteiger partial charge < -0.3 is 23.8 Å². The summed E-state index contributed by atoms with van der Waals surface area (Å²) in [6.07, 6.45) is 66.3. The summed E-state index contributed by atoms with van der Waals surface area (Å²) in [6, 6.07) is -0.622. The van der Waals surface area contributed by atoms with Crippen LogP contribution in [-0.4, -0.2) is 80.6 Å². The molecule has 0 fully saturated rings. The zero-order chi connectivity index (χ0) is 49.9. The quantitative estimate of drug-likeness (QED) is 0.0281. The Morgan fingerprint density at radius 1 is 0.456 bits per heavy atom. The summed E-state index contributed by atoms with van der Waals surface area (Å²) in [5.41, 5.74) is 0. The van der Waals surface area contributed by atoms with Gasteiger partial charge in [0, 0.05) is 19.3 Å². The van der Waals surface area contributed by atoms with Gasteiger partial charge in [-0.3, -0.25) is 9.59 Å². The molecule has 2 atom stereocenters. The first-order valence-electron chi connectivity index (χ1n) is 27.6.